The van der Waals surface area contributed by atoms with Crippen LogP contribution >= 0.6 is 0 Å². The number of aryl methyl sites for hydroxylation is 1. The Labute approximate surface area is 183 Å². The van der Waals surface area contributed by atoms with E-state index in [-0.39, 0.29) is 11.3 Å². The van der Waals surface area contributed by atoms with Crippen LogP contribution in [0.25, 0.3) is 16.6 Å². The van der Waals surface area contributed by atoms with Crippen molar-refractivity contribution in [3.63, 3.8) is 0 Å². The molecule has 0 unspecified atom stereocenters. The van der Waals surface area contributed by atoms with Gasteiger partial charge in [-0.15, -0.1) is 0 Å². The zero-order chi connectivity index (χ0) is 23.3. The summed E-state index contributed by atoms with van der Waals surface area (Å²) in [5.74, 6) is 0.448. The Morgan fingerprint density at radius 3 is 2.53 bits per heavy atom. The number of pyridine rings is 2. The molecular formula is C23H24F3N5O. The van der Waals surface area contributed by atoms with Gasteiger partial charge in [-0.05, 0) is 53.8 Å². The largest absolute Gasteiger partial charge is 0.435 e. The van der Waals surface area contributed by atoms with Crippen LogP contribution in [0.15, 0.2) is 42.7 Å². The van der Waals surface area contributed by atoms with Crippen molar-refractivity contribution in [3.05, 3.63) is 59.5 Å². The van der Waals surface area contributed by atoms with E-state index in [1.54, 1.807) is 12.1 Å². The summed E-state index contributed by atoms with van der Waals surface area (Å²) in [4.78, 5) is 16.9. The van der Waals surface area contributed by atoms with Crippen molar-refractivity contribution >= 4 is 28.3 Å². The summed E-state index contributed by atoms with van der Waals surface area (Å²) in [6.07, 6.45) is -0.691. The molecule has 0 aliphatic rings. The van der Waals surface area contributed by atoms with Crippen LogP contribution in [0, 0.1) is 12.3 Å². The number of halogens is 3. The lowest BCUT2D eigenvalue weighted by molar-refractivity contribution is -0.141. The van der Waals surface area contributed by atoms with E-state index in [1.807, 2.05) is 50.6 Å². The van der Waals surface area contributed by atoms with Crippen molar-refractivity contribution in [1.82, 2.24) is 19.2 Å². The second-order valence-electron chi connectivity index (χ2n) is 9.22. The Kier molecular flexibility index (Phi) is 5.22. The maximum atomic E-state index is 12.9. The molecule has 4 aromatic heterocycles. The molecule has 0 bridgehead atoms. The molecule has 0 radical (unpaired) electrons. The van der Waals surface area contributed by atoms with E-state index >= 15 is 0 Å². The molecular weight excluding hydrogens is 419 g/mol. The first-order chi connectivity index (χ1) is 14.9. The predicted molar refractivity (Wildman–Crippen MR) is 116 cm³/mol. The van der Waals surface area contributed by atoms with Gasteiger partial charge in [-0.2, -0.15) is 18.3 Å². The van der Waals surface area contributed by atoms with E-state index in [2.05, 4.69) is 15.4 Å². The monoisotopic (exact) mass is 443 g/mol. The fourth-order valence-electron chi connectivity index (χ4n) is 3.60. The highest BCUT2D eigenvalue weighted by Crippen LogP contribution is 2.29. The van der Waals surface area contributed by atoms with Gasteiger partial charge in [-0.3, -0.25) is 4.79 Å². The molecule has 0 spiro atoms. The highest BCUT2D eigenvalue weighted by molar-refractivity contribution is 5.92. The number of aromatic nitrogens is 4. The number of hydrogen-bond donors (Lipinski definition) is 1. The molecule has 1 amide bonds. The zero-order valence-electron chi connectivity index (χ0n) is 18.3. The number of carbonyl (C=O) groups is 1. The maximum absolute atomic E-state index is 12.9. The van der Waals surface area contributed by atoms with E-state index in [4.69, 9.17) is 0 Å². The summed E-state index contributed by atoms with van der Waals surface area (Å²) in [5.41, 5.74) is 2.62. The van der Waals surface area contributed by atoms with Crippen molar-refractivity contribution in [2.75, 3.05) is 5.32 Å². The second-order valence-corrected chi connectivity index (χ2v) is 9.22. The molecule has 0 saturated heterocycles. The Bertz CT molecular complexity index is 1310. The number of fused-ring (bicyclic) bond motifs is 2. The molecule has 168 valence electrons. The van der Waals surface area contributed by atoms with Gasteiger partial charge in [0.25, 0.3) is 0 Å². The Hall–Kier alpha value is -3.36. The predicted octanol–water partition coefficient (Wildman–Crippen LogP) is 5.43. The molecule has 6 nitrogen and oxygen atoms in total. The third-order valence-electron chi connectivity index (χ3n) is 5.06. The van der Waals surface area contributed by atoms with E-state index in [0.29, 0.717) is 24.3 Å². The van der Waals surface area contributed by atoms with E-state index < -0.39 is 11.9 Å². The van der Waals surface area contributed by atoms with Crippen LogP contribution in [0.5, 0.6) is 0 Å². The van der Waals surface area contributed by atoms with Gasteiger partial charge in [0.1, 0.15) is 5.82 Å². The average molecular weight is 443 g/mol. The lowest BCUT2D eigenvalue weighted by atomic mass is 9.92. The highest BCUT2D eigenvalue weighted by Gasteiger charge is 2.34. The molecule has 4 heterocycles. The number of rotatable bonds is 4. The number of alkyl halides is 3. The molecule has 1 N–H and O–H groups in total. The van der Waals surface area contributed by atoms with Crippen molar-refractivity contribution < 1.29 is 18.0 Å². The third kappa shape index (κ3) is 4.61. The van der Waals surface area contributed by atoms with Gasteiger partial charge >= 0.3 is 6.18 Å². The average Bonchev–Trinajstić information content (AvgIpc) is 3.24. The number of amides is 1. The smallest absolute Gasteiger partial charge is 0.342 e. The third-order valence-corrected chi connectivity index (χ3v) is 5.06. The summed E-state index contributed by atoms with van der Waals surface area (Å²) in [5, 5.41) is 6.47. The minimum Gasteiger partial charge on any atom is -0.342 e. The minimum atomic E-state index is -4.48. The number of anilines is 1. The molecule has 4 aromatic rings. The van der Waals surface area contributed by atoms with Gasteiger partial charge in [0.2, 0.25) is 5.91 Å². The topological polar surface area (TPSA) is 64.2 Å². The van der Waals surface area contributed by atoms with E-state index in [9.17, 15) is 18.0 Å². The number of carbonyl (C=O) groups excluding carboxylic acids is 1. The van der Waals surface area contributed by atoms with E-state index in [1.165, 1.54) is 10.7 Å². The molecule has 0 aromatic carbocycles. The Balaban J connectivity index is 1.59. The maximum Gasteiger partial charge on any atom is 0.435 e. The highest BCUT2D eigenvalue weighted by atomic mass is 19.4. The lowest BCUT2D eigenvalue weighted by Crippen LogP contribution is -2.20. The minimum absolute atomic E-state index is 0.0841. The van der Waals surface area contributed by atoms with Crippen LogP contribution in [0.1, 0.15) is 44.0 Å². The number of nitrogens with zero attached hydrogens (tertiary/aromatic N) is 4. The van der Waals surface area contributed by atoms with Crippen molar-refractivity contribution in [1.29, 1.82) is 0 Å². The molecule has 4 rings (SSSR count). The van der Waals surface area contributed by atoms with Gasteiger partial charge in [0.05, 0.1) is 16.6 Å². The molecule has 0 atom stereocenters. The molecule has 0 aliphatic heterocycles. The van der Waals surface area contributed by atoms with Crippen LogP contribution in [0.2, 0.25) is 0 Å². The van der Waals surface area contributed by atoms with Gasteiger partial charge < -0.3 is 9.88 Å². The van der Waals surface area contributed by atoms with Gasteiger partial charge in [-0.25, -0.2) is 9.50 Å². The first-order valence-corrected chi connectivity index (χ1v) is 10.2. The van der Waals surface area contributed by atoms with E-state index in [0.717, 1.165) is 28.2 Å². The van der Waals surface area contributed by atoms with Crippen molar-refractivity contribution in [3.8, 4) is 0 Å². The van der Waals surface area contributed by atoms with Crippen LogP contribution in [0.3, 0.4) is 0 Å². The van der Waals surface area contributed by atoms with Gasteiger partial charge in [0, 0.05) is 25.4 Å². The van der Waals surface area contributed by atoms with Crippen molar-refractivity contribution in [2.24, 2.45) is 5.41 Å². The SMILES string of the molecule is Cc1cc2c(ccn2Cc2ccn3nc(C(F)(F)F)cc3c2)nc1NC(=O)CC(C)(C)C. The first kappa shape index (κ1) is 21.9. The fourth-order valence-corrected chi connectivity index (χ4v) is 3.60. The van der Waals surface area contributed by atoms with Crippen LogP contribution in [0.4, 0.5) is 19.0 Å². The molecule has 32 heavy (non-hydrogen) atoms. The standard InChI is InChI=1S/C23H24F3N5O/c1-14-9-18-17(27-21(14)28-20(32)12-22(2,3)4)6-7-30(18)13-15-5-8-31-16(10-15)11-19(29-31)23(24,25)26/h5-11H,12-13H2,1-4H3,(H,27,28,32). The van der Waals surface area contributed by atoms with Crippen LogP contribution in [-0.4, -0.2) is 25.1 Å². The molecule has 0 aliphatic carbocycles. The second kappa shape index (κ2) is 7.65. The first-order valence-electron chi connectivity index (χ1n) is 10.2. The lowest BCUT2D eigenvalue weighted by Gasteiger charge is -2.17. The Morgan fingerprint density at radius 1 is 1.09 bits per heavy atom. The molecule has 0 saturated carbocycles. The summed E-state index contributed by atoms with van der Waals surface area (Å²) < 4.78 is 42.0. The Morgan fingerprint density at radius 2 is 1.84 bits per heavy atom. The molecule has 9 heteroatoms. The number of hydrogen-bond acceptors (Lipinski definition) is 3. The quantitative estimate of drug-likeness (QED) is 0.457. The van der Waals surface area contributed by atoms with Gasteiger partial charge in [0.15, 0.2) is 5.69 Å². The van der Waals surface area contributed by atoms with Crippen LogP contribution in [-0.2, 0) is 17.5 Å². The van der Waals surface area contributed by atoms with Crippen molar-refractivity contribution in [2.45, 2.75) is 46.8 Å². The summed E-state index contributed by atoms with van der Waals surface area (Å²) >= 11 is 0. The normalized spacial score (nSPS) is 12.6. The summed E-state index contributed by atoms with van der Waals surface area (Å²) in [7, 11) is 0. The fraction of sp³-hybridized carbons (Fsp3) is 0.348. The van der Waals surface area contributed by atoms with Gasteiger partial charge in [-0.1, -0.05) is 20.8 Å². The summed E-state index contributed by atoms with van der Waals surface area (Å²) in [6, 6.07) is 8.28. The van der Waals surface area contributed by atoms with Crippen LogP contribution < -0.4 is 5.32 Å². The number of nitrogens with one attached hydrogen (secondary N) is 1. The summed E-state index contributed by atoms with van der Waals surface area (Å²) in [6.45, 7) is 8.35. The molecule has 0 fully saturated rings. The zero-order valence-corrected chi connectivity index (χ0v) is 18.3.